The SMILES string of the molecule is COc1ccc(OC)c(C=Cc2ccc(N3C(=O)[C@H]4[C@H](CC=C5[C@H]4C[C@H]4C(=O)N(Nc6ccc(C)cc6)C(=O)[C@@]4(c4ccccc4)[C@H]5c4c(OC)cc(O)cc4OC)C3=O)cc2)c1. The molecule has 2 N–H and O–H groups in total. The predicted octanol–water partition coefficient (Wildman–Crippen LogP) is 8.09. The lowest BCUT2D eigenvalue weighted by atomic mass is 9.49. The molecule has 2 saturated heterocycles. The first-order valence-electron chi connectivity index (χ1n) is 20.8. The maximum Gasteiger partial charge on any atom is 0.260 e. The van der Waals surface area contributed by atoms with E-state index in [0.717, 1.165) is 27.3 Å². The Balaban J connectivity index is 1.14. The normalized spacial score (nSPS) is 23.9. The molecular formula is C51H47N3O9. The van der Waals surface area contributed by atoms with Gasteiger partial charge in [-0.15, -0.1) is 0 Å². The number of phenolic OH excluding ortho intramolecular Hbond substituents is 1. The number of carbonyl (C=O) groups excluding carboxylic acids is 4. The van der Waals surface area contributed by atoms with Gasteiger partial charge < -0.3 is 24.1 Å². The number of allylic oxidation sites excluding steroid dienone is 2. The third kappa shape index (κ3) is 6.59. The third-order valence-corrected chi connectivity index (χ3v) is 13.3. The Morgan fingerprint density at radius 1 is 0.714 bits per heavy atom. The maximum absolute atomic E-state index is 15.6. The summed E-state index contributed by atoms with van der Waals surface area (Å²) in [5, 5.41) is 12.0. The van der Waals surface area contributed by atoms with Crippen LogP contribution in [0.15, 0.2) is 121 Å². The molecule has 5 aromatic carbocycles. The summed E-state index contributed by atoms with van der Waals surface area (Å²) in [7, 11) is 6.14. The van der Waals surface area contributed by atoms with Gasteiger partial charge in [0.1, 0.15) is 28.7 Å². The van der Waals surface area contributed by atoms with Crippen LogP contribution in [-0.4, -0.2) is 62.2 Å². The van der Waals surface area contributed by atoms with E-state index in [1.54, 1.807) is 26.4 Å². The maximum atomic E-state index is 15.6. The highest BCUT2D eigenvalue weighted by Gasteiger charge is 2.71. The van der Waals surface area contributed by atoms with Crippen molar-refractivity contribution in [3.05, 3.63) is 149 Å². The van der Waals surface area contributed by atoms with Crippen LogP contribution in [-0.2, 0) is 24.6 Å². The summed E-state index contributed by atoms with van der Waals surface area (Å²) in [5.41, 5.74) is 6.98. The van der Waals surface area contributed by atoms with Crippen LogP contribution in [0.1, 0.15) is 46.6 Å². The molecule has 12 nitrogen and oxygen atoms in total. The van der Waals surface area contributed by atoms with Crippen molar-refractivity contribution in [3.63, 3.8) is 0 Å². The van der Waals surface area contributed by atoms with Crippen molar-refractivity contribution in [2.75, 3.05) is 38.8 Å². The second kappa shape index (κ2) is 16.2. The molecular weight excluding hydrogens is 799 g/mol. The van der Waals surface area contributed by atoms with E-state index >= 15 is 9.59 Å². The van der Waals surface area contributed by atoms with Gasteiger partial charge in [-0.05, 0) is 79.3 Å². The molecule has 4 amide bonds. The van der Waals surface area contributed by atoms with Gasteiger partial charge in [0, 0.05) is 29.2 Å². The Morgan fingerprint density at radius 3 is 2.05 bits per heavy atom. The fourth-order valence-corrected chi connectivity index (χ4v) is 10.4. The van der Waals surface area contributed by atoms with Gasteiger partial charge in [0.15, 0.2) is 0 Å². The Hall–Kier alpha value is -7.34. The van der Waals surface area contributed by atoms with E-state index in [1.807, 2.05) is 110 Å². The third-order valence-electron chi connectivity index (χ3n) is 13.3. The van der Waals surface area contributed by atoms with E-state index in [0.29, 0.717) is 34.0 Å². The largest absolute Gasteiger partial charge is 0.508 e. The number of ether oxygens (including phenoxy) is 4. The highest BCUT2D eigenvalue weighted by atomic mass is 16.5. The fourth-order valence-electron chi connectivity index (χ4n) is 10.4. The van der Waals surface area contributed by atoms with Crippen LogP contribution >= 0.6 is 0 Å². The van der Waals surface area contributed by atoms with Gasteiger partial charge in [-0.2, -0.15) is 5.01 Å². The number of hydrazine groups is 1. The number of rotatable bonds is 11. The lowest BCUT2D eigenvalue weighted by molar-refractivity contribution is -0.138. The molecule has 4 aliphatic rings. The minimum Gasteiger partial charge on any atom is -0.508 e. The molecule has 0 aromatic heterocycles. The van der Waals surface area contributed by atoms with Crippen LogP contribution in [0.3, 0.4) is 0 Å². The quantitative estimate of drug-likeness (QED) is 0.0761. The number of aromatic hydroxyl groups is 1. The van der Waals surface area contributed by atoms with Gasteiger partial charge in [-0.1, -0.05) is 84.0 Å². The Labute approximate surface area is 365 Å². The lowest BCUT2D eigenvalue weighted by Gasteiger charge is -2.51. The van der Waals surface area contributed by atoms with Crippen LogP contribution in [0.25, 0.3) is 12.2 Å². The van der Waals surface area contributed by atoms with Crippen LogP contribution in [0.4, 0.5) is 11.4 Å². The summed E-state index contributed by atoms with van der Waals surface area (Å²) in [6, 6.07) is 32.3. The molecule has 2 aliphatic carbocycles. The number of methoxy groups -OCH3 is 4. The summed E-state index contributed by atoms with van der Waals surface area (Å²) in [5.74, 6) is -3.98. The number of phenols is 1. The molecule has 0 bridgehead atoms. The summed E-state index contributed by atoms with van der Waals surface area (Å²) in [6.07, 6.45) is 6.13. The van der Waals surface area contributed by atoms with Crippen molar-refractivity contribution < 1.29 is 43.2 Å². The van der Waals surface area contributed by atoms with Crippen LogP contribution in [0, 0.1) is 30.6 Å². The van der Waals surface area contributed by atoms with Gasteiger partial charge >= 0.3 is 0 Å². The molecule has 1 saturated carbocycles. The van der Waals surface area contributed by atoms with Crippen molar-refractivity contribution in [1.29, 1.82) is 0 Å². The zero-order chi connectivity index (χ0) is 44.2. The second-order valence-corrected chi connectivity index (χ2v) is 16.4. The minimum atomic E-state index is -1.56. The summed E-state index contributed by atoms with van der Waals surface area (Å²) in [4.78, 5) is 61.4. The van der Waals surface area contributed by atoms with Gasteiger partial charge in [0.2, 0.25) is 11.8 Å². The Morgan fingerprint density at radius 2 is 1.40 bits per heavy atom. The number of benzene rings is 5. The number of nitrogens with zero attached hydrogens (tertiary/aromatic N) is 2. The average molecular weight is 846 g/mol. The summed E-state index contributed by atoms with van der Waals surface area (Å²) < 4.78 is 22.8. The van der Waals surface area contributed by atoms with E-state index in [-0.39, 0.29) is 41.9 Å². The molecule has 320 valence electrons. The summed E-state index contributed by atoms with van der Waals surface area (Å²) >= 11 is 0. The number of nitrogens with one attached hydrogen (secondary N) is 1. The Kier molecular flexibility index (Phi) is 10.5. The van der Waals surface area contributed by atoms with E-state index in [1.165, 1.54) is 31.3 Å². The second-order valence-electron chi connectivity index (χ2n) is 16.4. The highest BCUT2D eigenvalue weighted by molar-refractivity contribution is 6.22. The van der Waals surface area contributed by atoms with E-state index in [2.05, 4.69) is 5.43 Å². The molecule has 9 rings (SSSR count). The topological polar surface area (TPSA) is 144 Å². The van der Waals surface area contributed by atoms with Crippen LogP contribution in [0.5, 0.6) is 28.7 Å². The van der Waals surface area contributed by atoms with Crippen molar-refractivity contribution in [2.45, 2.75) is 31.1 Å². The van der Waals surface area contributed by atoms with Crippen molar-refractivity contribution in [3.8, 4) is 28.7 Å². The monoisotopic (exact) mass is 845 g/mol. The number of hydrogen-bond donors (Lipinski definition) is 2. The molecule has 6 atom stereocenters. The van der Waals surface area contributed by atoms with E-state index in [4.69, 9.17) is 18.9 Å². The first kappa shape index (κ1) is 41.0. The highest BCUT2D eigenvalue weighted by Crippen LogP contribution is 2.66. The van der Waals surface area contributed by atoms with E-state index < -0.39 is 46.8 Å². The average Bonchev–Trinajstić information content (AvgIpc) is 3.69. The van der Waals surface area contributed by atoms with Gasteiger partial charge in [0.25, 0.3) is 11.8 Å². The lowest BCUT2D eigenvalue weighted by Crippen LogP contribution is -2.53. The van der Waals surface area contributed by atoms with Crippen LogP contribution in [0.2, 0.25) is 0 Å². The minimum absolute atomic E-state index is 0.113. The molecule has 63 heavy (non-hydrogen) atoms. The molecule has 12 heteroatoms. The van der Waals surface area contributed by atoms with E-state index in [9.17, 15) is 14.7 Å². The predicted molar refractivity (Wildman–Crippen MR) is 237 cm³/mol. The molecule has 5 aromatic rings. The first-order valence-corrected chi connectivity index (χ1v) is 20.8. The van der Waals surface area contributed by atoms with Gasteiger partial charge in [-0.25, -0.2) is 0 Å². The standard InChI is InChI=1S/C51H47N3O9/c1-29-11-17-33(18-12-29)52-54-48(57)40-28-39-37(46(45-42(62-4)26-35(55)27-43(45)63-5)51(40,50(54)59)32-9-7-6-8-10-32)22-23-38-44(39)49(58)53(47(38)56)34-19-14-30(15-20-34)13-16-31-25-36(60-2)21-24-41(31)61-3/h6-22,24-27,38-40,44,46,52,55H,23,28H2,1-5H3/t38-,39+,40-,44-,46+,51+/m0/s1. The molecule has 2 aliphatic heterocycles. The fraction of sp³-hybridized carbons (Fsp3) is 0.255. The number of amides is 4. The molecule has 3 fully saturated rings. The molecule has 2 heterocycles. The first-order chi connectivity index (χ1) is 30.5. The number of fused-ring (bicyclic) bond motifs is 4. The van der Waals surface area contributed by atoms with Crippen molar-refractivity contribution >= 4 is 47.2 Å². The van der Waals surface area contributed by atoms with Crippen LogP contribution < -0.4 is 29.3 Å². The summed E-state index contributed by atoms with van der Waals surface area (Å²) in [6.45, 7) is 1.95. The van der Waals surface area contributed by atoms with Crippen molar-refractivity contribution in [2.24, 2.45) is 23.7 Å². The number of imide groups is 2. The Bertz CT molecular complexity index is 2670. The number of hydrogen-bond acceptors (Lipinski definition) is 10. The van der Waals surface area contributed by atoms with Gasteiger partial charge in [-0.3, -0.25) is 29.5 Å². The number of anilines is 2. The molecule has 0 unspecified atom stereocenters. The van der Waals surface area contributed by atoms with Crippen molar-refractivity contribution in [1.82, 2.24) is 5.01 Å². The molecule has 0 spiro atoms. The number of aryl methyl sites for hydroxylation is 1. The smallest absolute Gasteiger partial charge is 0.260 e. The zero-order valence-electron chi connectivity index (χ0n) is 35.5. The van der Waals surface area contributed by atoms with Gasteiger partial charge in [0.05, 0.1) is 63.0 Å². The number of carbonyl (C=O) groups is 4. The zero-order valence-corrected chi connectivity index (χ0v) is 35.5. The molecule has 0 radical (unpaired) electrons.